The molecule has 0 unspecified atom stereocenters. The topological polar surface area (TPSA) is 0 Å². The van der Waals surface area contributed by atoms with E-state index in [1.54, 1.807) is 0 Å². The molecular formula is C10H14S. The van der Waals surface area contributed by atoms with E-state index >= 15 is 0 Å². The highest BCUT2D eigenvalue weighted by atomic mass is 32.2. The van der Waals surface area contributed by atoms with Gasteiger partial charge in [-0.25, -0.2) is 0 Å². The molecule has 1 rings (SSSR count). The van der Waals surface area contributed by atoms with Crippen LogP contribution in [-0.2, 0) is 5.75 Å². The first kappa shape index (κ1) is 8.66. The number of hydrogen-bond donors (Lipinski definition) is 0. The molecule has 0 saturated carbocycles. The number of aryl methyl sites for hydroxylation is 1. The second kappa shape index (κ2) is 3.82. The number of thioether (sulfide) groups is 1. The van der Waals surface area contributed by atoms with E-state index in [2.05, 4.69) is 38.3 Å². The van der Waals surface area contributed by atoms with Crippen LogP contribution in [0.2, 0.25) is 0 Å². The summed E-state index contributed by atoms with van der Waals surface area (Å²) in [6, 6.07) is 6.51. The van der Waals surface area contributed by atoms with Crippen LogP contribution in [0.25, 0.3) is 0 Å². The maximum absolute atomic E-state index is 2.21. The van der Waals surface area contributed by atoms with Crippen molar-refractivity contribution in [1.82, 2.24) is 0 Å². The van der Waals surface area contributed by atoms with Gasteiger partial charge in [0.15, 0.2) is 0 Å². The van der Waals surface area contributed by atoms with Crippen LogP contribution in [-0.4, -0.2) is 6.26 Å². The lowest BCUT2D eigenvalue weighted by atomic mass is 10.1. The molecule has 0 bridgehead atoms. The van der Waals surface area contributed by atoms with Crippen LogP contribution in [0.5, 0.6) is 0 Å². The van der Waals surface area contributed by atoms with Gasteiger partial charge >= 0.3 is 0 Å². The Morgan fingerprint density at radius 2 is 2.00 bits per heavy atom. The lowest BCUT2D eigenvalue weighted by Crippen LogP contribution is -1.88. The Morgan fingerprint density at radius 3 is 2.64 bits per heavy atom. The SMILES string of the molecule is CSCc1cccc(C)c1C. The molecule has 0 aliphatic rings. The van der Waals surface area contributed by atoms with Crippen molar-refractivity contribution < 1.29 is 0 Å². The Kier molecular flexibility index (Phi) is 3.01. The molecule has 0 aromatic heterocycles. The fourth-order valence-corrected chi connectivity index (χ4v) is 1.75. The van der Waals surface area contributed by atoms with E-state index in [-0.39, 0.29) is 0 Å². The van der Waals surface area contributed by atoms with Gasteiger partial charge in [-0.05, 0) is 36.8 Å². The molecule has 0 spiro atoms. The molecule has 1 heteroatoms. The van der Waals surface area contributed by atoms with Crippen LogP contribution in [0.15, 0.2) is 18.2 Å². The number of rotatable bonds is 2. The minimum atomic E-state index is 1.13. The molecule has 60 valence electrons. The summed E-state index contributed by atoms with van der Waals surface area (Å²) < 4.78 is 0. The van der Waals surface area contributed by atoms with Gasteiger partial charge in [0.2, 0.25) is 0 Å². The molecule has 0 N–H and O–H groups in total. The average Bonchev–Trinajstić information content (AvgIpc) is 1.99. The maximum atomic E-state index is 2.21. The average molecular weight is 166 g/mol. The standard InChI is InChI=1S/C10H14S/c1-8-5-4-6-10(7-11-3)9(8)2/h4-6H,7H2,1-3H3. The quantitative estimate of drug-likeness (QED) is 0.650. The monoisotopic (exact) mass is 166 g/mol. The van der Waals surface area contributed by atoms with Crippen molar-refractivity contribution in [2.24, 2.45) is 0 Å². The molecule has 0 aliphatic heterocycles. The highest BCUT2D eigenvalue weighted by Crippen LogP contribution is 2.16. The fourth-order valence-electron chi connectivity index (χ4n) is 1.12. The Labute approximate surface area is 73.0 Å². The Balaban J connectivity index is 2.96. The van der Waals surface area contributed by atoms with Gasteiger partial charge in [0, 0.05) is 5.75 Å². The molecule has 0 saturated heterocycles. The smallest absolute Gasteiger partial charge is 0.0184 e. The minimum Gasteiger partial charge on any atom is -0.161 e. The molecule has 0 aliphatic carbocycles. The van der Waals surface area contributed by atoms with E-state index in [1.165, 1.54) is 16.7 Å². The molecule has 0 heterocycles. The second-order valence-electron chi connectivity index (χ2n) is 2.79. The molecule has 0 amide bonds. The normalized spacial score (nSPS) is 10.1. The first-order chi connectivity index (χ1) is 5.25. The third kappa shape index (κ3) is 2.00. The molecule has 11 heavy (non-hydrogen) atoms. The highest BCUT2D eigenvalue weighted by molar-refractivity contribution is 7.97. The van der Waals surface area contributed by atoms with Gasteiger partial charge in [0.05, 0.1) is 0 Å². The van der Waals surface area contributed by atoms with E-state index < -0.39 is 0 Å². The minimum absolute atomic E-state index is 1.13. The van der Waals surface area contributed by atoms with Crippen LogP contribution in [0.4, 0.5) is 0 Å². The molecular weight excluding hydrogens is 152 g/mol. The van der Waals surface area contributed by atoms with Crippen molar-refractivity contribution in [2.75, 3.05) is 6.26 Å². The van der Waals surface area contributed by atoms with Gasteiger partial charge in [-0.1, -0.05) is 18.2 Å². The van der Waals surface area contributed by atoms with Crippen LogP contribution in [0.3, 0.4) is 0 Å². The van der Waals surface area contributed by atoms with Crippen molar-refractivity contribution in [2.45, 2.75) is 19.6 Å². The summed E-state index contributed by atoms with van der Waals surface area (Å²) in [6.45, 7) is 4.36. The zero-order chi connectivity index (χ0) is 8.27. The van der Waals surface area contributed by atoms with Crippen molar-refractivity contribution in [3.63, 3.8) is 0 Å². The lowest BCUT2D eigenvalue weighted by molar-refractivity contribution is 1.25. The Bertz CT molecular complexity index is 241. The zero-order valence-corrected chi connectivity index (χ0v) is 8.16. The van der Waals surface area contributed by atoms with E-state index in [0.717, 1.165) is 5.75 Å². The Hall–Kier alpha value is -0.430. The summed E-state index contributed by atoms with van der Waals surface area (Å²) in [5.41, 5.74) is 4.32. The first-order valence-corrected chi connectivity index (χ1v) is 5.19. The third-order valence-electron chi connectivity index (χ3n) is 2.02. The maximum Gasteiger partial charge on any atom is 0.0184 e. The van der Waals surface area contributed by atoms with E-state index in [9.17, 15) is 0 Å². The molecule has 0 atom stereocenters. The molecule has 0 radical (unpaired) electrons. The predicted octanol–water partition coefficient (Wildman–Crippen LogP) is 3.17. The van der Waals surface area contributed by atoms with Crippen LogP contribution in [0, 0.1) is 13.8 Å². The Morgan fingerprint density at radius 1 is 1.27 bits per heavy atom. The number of hydrogen-bond acceptors (Lipinski definition) is 1. The number of benzene rings is 1. The summed E-state index contributed by atoms with van der Waals surface area (Å²) in [6.07, 6.45) is 2.14. The predicted molar refractivity (Wildman–Crippen MR) is 53.1 cm³/mol. The molecule has 1 aromatic rings. The van der Waals surface area contributed by atoms with Crippen LogP contribution in [0.1, 0.15) is 16.7 Å². The van der Waals surface area contributed by atoms with Gasteiger partial charge in [-0.3, -0.25) is 0 Å². The molecule has 1 aromatic carbocycles. The van der Waals surface area contributed by atoms with Crippen molar-refractivity contribution >= 4 is 11.8 Å². The van der Waals surface area contributed by atoms with Crippen LogP contribution < -0.4 is 0 Å². The van der Waals surface area contributed by atoms with Gasteiger partial charge in [0.1, 0.15) is 0 Å². The molecule has 0 nitrogen and oxygen atoms in total. The first-order valence-electron chi connectivity index (χ1n) is 3.79. The largest absolute Gasteiger partial charge is 0.161 e. The summed E-state index contributed by atoms with van der Waals surface area (Å²) in [5, 5.41) is 0. The van der Waals surface area contributed by atoms with E-state index in [0.29, 0.717) is 0 Å². The van der Waals surface area contributed by atoms with Crippen molar-refractivity contribution in [3.05, 3.63) is 34.9 Å². The van der Waals surface area contributed by atoms with Gasteiger partial charge in [-0.2, -0.15) is 11.8 Å². The fraction of sp³-hybridized carbons (Fsp3) is 0.400. The summed E-state index contributed by atoms with van der Waals surface area (Å²) in [4.78, 5) is 0. The lowest BCUT2D eigenvalue weighted by Gasteiger charge is -2.05. The summed E-state index contributed by atoms with van der Waals surface area (Å²) >= 11 is 1.88. The summed E-state index contributed by atoms with van der Waals surface area (Å²) in [7, 11) is 0. The molecule has 0 fully saturated rings. The van der Waals surface area contributed by atoms with E-state index in [4.69, 9.17) is 0 Å². The van der Waals surface area contributed by atoms with Crippen molar-refractivity contribution in [1.29, 1.82) is 0 Å². The highest BCUT2D eigenvalue weighted by Gasteiger charge is 1.97. The summed E-state index contributed by atoms with van der Waals surface area (Å²) in [5.74, 6) is 1.13. The van der Waals surface area contributed by atoms with Crippen molar-refractivity contribution in [3.8, 4) is 0 Å². The van der Waals surface area contributed by atoms with E-state index in [1.807, 2.05) is 11.8 Å². The second-order valence-corrected chi connectivity index (χ2v) is 3.66. The van der Waals surface area contributed by atoms with Gasteiger partial charge < -0.3 is 0 Å². The third-order valence-corrected chi connectivity index (χ3v) is 2.62. The van der Waals surface area contributed by atoms with Gasteiger partial charge in [0.25, 0.3) is 0 Å². The van der Waals surface area contributed by atoms with Gasteiger partial charge in [-0.15, -0.1) is 0 Å². The van der Waals surface area contributed by atoms with Crippen LogP contribution >= 0.6 is 11.8 Å². The zero-order valence-electron chi connectivity index (χ0n) is 7.35.